The molecule has 1 aromatic carbocycles. The van der Waals surface area contributed by atoms with Gasteiger partial charge in [0.15, 0.2) is 0 Å². The number of rotatable bonds is 6. The summed E-state index contributed by atoms with van der Waals surface area (Å²) in [4.78, 5) is 28.3. The van der Waals surface area contributed by atoms with Crippen molar-refractivity contribution in [2.75, 3.05) is 13.1 Å². The lowest BCUT2D eigenvalue weighted by Gasteiger charge is -2.19. The minimum atomic E-state index is -1.03. The molecule has 1 aromatic heterocycles. The van der Waals surface area contributed by atoms with E-state index in [4.69, 9.17) is 5.11 Å². The van der Waals surface area contributed by atoms with Crippen LogP contribution < -0.4 is 5.32 Å². The van der Waals surface area contributed by atoms with Crippen LogP contribution in [0.15, 0.2) is 24.4 Å². The van der Waals surface area contributed by atoms with Crippen molar-refractivity contribution in [2.45, 2.75) is 33.2 Å². The van der Waals surface area contributed by atoms with E-state index in [0.29, 0.717) is 25.1 Å². The molecule has 124 valence electrons. The van der Waals surface area contributed by atoms with Gasteiger partial charge in [0.2, 0.25) is 0 Å². The third kappa shape index (κ3) is 3.64. The molecular weight excluding hydrogens is 294 g/mol. The summed E-state index contributed by atoms with van der Waals surface area (Å²) in [6.07, 6.45) is 1.38. The summed E-state index contributed by atoms with van der Waals surface area (Å²) in [5, 5.41) is 12.2. The van der Waals surface area contributed by atoms with Crippen LogP contribution >= 0.6 is 0 Å². The second kappa shape index (κ2) is 7.17. The Kier molecular flexibility index (Phi) is 5.26. The summed E-state index contributed by atoms with van der Waals surface area (Å²) in [5.41, 5.74) is 2.45. The maximum atomic E-state index is 12.6. The van der Waals surface area contributed by atoms with Gasteiger partial charge in [-0.2, -0.15) is 0 Å². The Bertz CT molecular complexity index is 704. The molecule has 2 rings (SSSR count). The highest BCUT2D eigenvalue weighted by Gasteiger charge is 2.18. The zero-order chi connectivity index (χ0) is 17.0. The fourth-order valence-electron chi connectivity index (χ4n) is 2.83. The standard InChI is InChI=1S/C17H23N3O3/c1-4-20(5-2)16(21)14-8-6-7-13-12(10-18-15(13)14)9-11(3)19-17(22)23/h6-8,10-11,18-19H,4-5,9H2,1-3H3,(H,22,23)/t11-/m1/s1. The quantitative estimate of drug-likeness (QED) is 0.766. The molecular formula is C17H23N3O3. The van der Waals surface area contributed by atoms with Crippen LogP contribution in [0.4, 0.5) is 4.79 Å². The molecule has 0 saturated heterocycles. The second-order valence-corrected chi connectivity index (χ2v) is 5.57. The fraction of sp³-hybridized carbons (Fsp3) is 0.412. The Hall–Kier alpha value is -2.50. The van der Waals surface area contributed by atoms with Crippen molar-refractivity contribution < 1.29 is 14.7 Å². The summed E-state index contributed by atoms with van der Waals surface area (Å²) < 4.78 is 0. The number of aromatic amines is 1. The molecule has 1 atom stereocenters. The van der Waals surface area contributed by atoms with Gasteiger partial charge in [-0.3, -0.25) is 4.79 Å². The summed E-state index contributed by atoms with van der Waals surface area (Å²) in [6.45, 7) is 7.07. The second-order valence-electron chi connectivity index (χ2n) is 5.57. The molecule has 0 aliphatic heterocycles. The van der Waals surface area contributed by atoms with Crippen molar-refractivity contribution in [1.29, 1.82) is 0 Å². The Morgan fingerprint density at radius 1 is 1.30 bits per heavy atom. The number of hydrogen-bond donors (Lipinski definition) is 3. The van der Waals surface area contributed by atoms with Crippen LogP contribution in [0.25, 0.3) is 10.9 Å². The highest BCUT2D eigenvalue weighted by molar-refractivity contribution is 6.06. The van der Waals surface area contributed by atoms with Crippen LogP contribution in [0.5, 0.6) is 0 Å². The average molecular weight is 317 g/mol. The van der Waals surface area contributed by atoms with Gasteiger partial charge in [0, 0.05) is 30.7 Å². The molecule has 0 spiro atoms. The van der Waals surface area contributed by atoms with Crippen LogP contribution in [0.3, 0.4) is 0 Å². The Morgan fingerprint density at radius 3 is 2.61 bits per heavy atom. The van der Waals surface area contributed by atoms with Crippen molar-refractivity contribution >= 4 is 22.9 Å². The minimum absolute atomic E-state index is 0.00529. The lowest BCUT2D eigenvalue weighted by atomic mass is 10.0. The number of para-hydroxylation sites is 1. The molecule has 0 aliphatic rings. The van der Waals surface area contributed by atoms with E-state index in [2.05, 4.69) is 10.3 Å². The average Bonchev–Trinajstić information content (AvgIpc) is 2.90. The zero-order valence-corrected chi connectivity index (χ0v) is 13.7. The lowest BCUT2D eigenvalue weighted by Crippen LogP contribution is -2.32. The van der Waals surface area contributed by atoms with Crippen molar-refractivity contribution in [1.82, 2.24) is 15.2 Å². The predicted molar refractivity (Wildman–Crippen MR) is 89.9 cm³/mol. The number of carbonyl (C=O) groups is 2. The molecule has 0 unspecified atom stereocenters. The first-order valence-corrected chi connectivity index (χ1v) is 7.85. The highest BCUT2D eigenvalue weighted by Crippen LogP contribution is 2.24. The van der Waals surface area contributed by atoms with Gasteiger partial charge in [-0.15, -0.1) is 0 Å². The molecule has 3 N–H and O–H groups in total. The fourth-order valence-corrected chi connectivity index (χ4v) is 2.83. The SMILES string of the molecule is CCN(CC)C(=O)c1cccc2c(C[C@@H](C)NC(=O)O)c[nH]c12. The van der Waals surface area contributed by atoms with Crippen LogP contribution in [0, 0.1) is 0 Å². The van der Waals surface area contributed by atoms with Gasteiger partial charge in [-0.05, 0) is 38.8 Å². The van der Waals surface area contributed by atoms with E-state index in [-0.39, 0.29) is 11.9 Å². The maximum absolute atomic E-state index is 12.6. The van der Waals surface area contributed by atoms with Gasteiger partial charge in [-0.1, -0.05) is 12.1 Å². The van der Waals surface area contributed by atoms with Crippen molar-refractivity contribution in [3.63, 3.8) is 0 Å². The molecule has 0 radical (unpaired) electrons. The van der Waals surface area contributed by atoms with Crippen LogP contribution in [0.1, 0.15) is 36.7 Å². The first-order valence-electron chi connectivity index (χ1n) is 7.85. The molecule has 0 fully saturated rings. The third-order valence-corrected chi connectivity index (χ3v) is 3.98. The van der Waals surface area contributed by atoms with Gasteiger partial charge < -0.3 is 20.3 Å². The maximum Gasteiger partial charge on any atom is 0.404 e. The number of nitrogens with zero attached hydrogens (tertiary/aromatic N) is 1. The first-order chi connectivity index (χ1) is 11.0. The van der Waals surface area contributed by atoms with Gasteiger partial charge in [0.1, 0.15) is 0 Å². The van der Waals surface area contributed by atoms with E-state index in [0.717, 1.165) is 16.5 Å². The monoisotopic (exact) mass is 317 g/mol. The van der Waals surface area contributed by atoms with Crippen LogP contribution in [-0.4, -0.2) is 46.1 Å². The summed E-state index contributed by atoms with van der Waals surface area (Å²) in [7, 11) is 0. The smallest absolute Gasteiger partial charge is 0.404 e. The molecule has 0 aliphatic carbocycles. The molecule has 0 bridgehead atoms. The number of nitrogens with one attached hydrogen (secondary N) is 2. The third-order valence-electron chi connectivity index (χ3n) is 3.98. The van der Waals surface area contributed by atoms with Crippen molar-refractivity contribution in [3.8, 4) is 0 Å². The first kappa shape index (κ1) is 16.9. The number of amides is 2. The van der Waals surface area contributed by atoms with Gasteiger partial charge in [0.25, 0.3) is 5.91 Å². The number of aromatic nitrogens is 1. The molecule has 1 heterocycles. The van der Waals surface area contributed by atoms with E-state index < -0.39 is 6.09 Å². The number of H-pyrrole nitrogens is 1. The Morgan fingerprint density at radius 2 is 2.00 bits per heavy atom. The molecule has 0 saturated carbocycles. The van der Waals surface area contributed by atoms with Crippen LogP contribution in [0.2, 0.25) is 0 Å². The van der Waals surface area contributed by atoms with E-state index >= 15 is 0 Å². The van der Waals surface area contributed by atoms with Gasteiger partial charge >= 0.3 is 6.09 Å². The van der Waals surface area contributed by atoms with Crippen molar-refractivity contribution in [2.24, 2.45) is 0 Å². The number of carboxylic acid groups (broad SMARTS) is 1. The van der Waals surface area contributed by atoms with Crippen molar-refractivity contribution in [3.05, 3.63) is 35.5 Å². The molecule has 6 nitrogen and oxygen atoms in total. The summed E-state index contributed by atoms with van der Waals surface area (Å²) in [5.74, 6) is 0.00529. The van der Waals surface area contributed by atoms with E-state index in [1.165, 1.54) is 0 Å². The normalized spacial score (nSPS) is 12.1. The molecule has 23 heavy (non-hydrogen) atoms. The topological polar surface area (TPSA) is 85.4 Å². The van der Waals surface area contributed by atoms with Gasteiger partial charge in [0.05, 0.1) is 11.1 Å². The number of fused-ring (bicyclic) bond motifs is 1. The zero-order valence-electron chi connectivity index (χ0n) is 13.7. The molecule has 2 aromatic rings. The number of benzene rings is 1. The van der Waals surface area contributed by atoms with Crippen LogP contribution in [-0.2, 0) is 6.42 Å². The lowest BCUT2D eigenvalue weighted by molar-refractivity contribution is 0.0774. The Labute approximate surface area is 135 Å². The number of hydrogen-bond acceptors (Lipinski definition) is 2. The van der Waals surface area contributed by atoms with E-state index in [9.17, 15) is 9.59 Å². The minimum Gasteiger partial charge on any atom is -0.465 e. The van der Waals surface area contributed by atoms with E-state index in [1.54, 1.807) is 4.90 Å². The summed E-state index contributed by atoms with van der Waals surface area (Å²) in [6, 6.07) is 5.44. The largest absolute Gasteiger partial charge is 0.465 e. The number of carbonyl (C=O) groups excluding carboxylic acids is 1. The molecule has 2 amide bonds. The van der Waals surface area contributed by atoms with E-state index in [1.807, 2.05) is 45.2 Å². The molecule has 6 heteroatoms. The predicted octanol–water partition coefficient (Wildman–Crippen LogP) is 2.85. The Balaban J connectivity index is 2.33. The van der Waals surface area contributed by atoms with Gasteiger partial charge in [-0.25, -0.2) is 4.79 Å². The summed E-state index contributed by atoms with van der Waals surface area (Å²) >= 11 is 0. The highest BCUT2D eigenvalue weighted by atomic mass is 16.4.